The van der Waals surface area contributed by atoms with E-state index < -0.39 is 5.97 Å². The van der Waals surface area contributed by atoms with Gasteiger partial charge < -0.3 is 10.1 Å². The minimum atomic E-state index is -0.507. The molecule has 0 fully saturated rings. The molecule has 0 saturated carbocycles. The summed E-state index contributed by atoms with van der Waals surface area (Å²) in [7, 11) is 0. The predicted molar refractivity (Wildman–Crippen MR) is 98.8 cm³/mol. The van der Waals surface area contributed by atoms with Gasteiger partial charge in [-0.15, -0.1) is 0 Å². The van der Waals surface area contributed by atoms with Crippen LogP contribution in [-0.4, -0.2) is 18.5 Å². The fourth-order valence-corrected chi connectivity index (χ4v) is 2.75. The highest BCUT2D eigenvalue weighted by Crippen LogP contribution is 2.19. The quantitative estimate of drug-likeness (QED) is 0.726. The largest absolute Gasteiger partial charge is 0.452 e. The van der Waals surface area contributed by atoms with E-state index in [1.54, 1.807) is 12.1 Å². The molecule has 0 aliphatic carbocycles. The van der Waals surface area contributed by atoms with E-state index in [-0.39, 0.29) is 12.5 Å². The highest BCUT2D eigenvalue weighted by atomic mass is 16.5. The van der Waals surface area contributed by atoms with Crippen molar-refractivity contribution in [3.63, 3.8) is 0 Å². The van der Waals surface area contributed by atoms with E-state index in [2.05, 4.69) is 5.32 Å². The average Bonchev–Trinajstić information content (AvgIpc) is 2.61. The van der Waals surface area contributed by atoms with Crippen molar-refractivity contribution in [2.45, 2.75) is 13.8 Å². The van der Waals surface area contributed by atoms with E-state index in [1.165, 1.54) is 0 Å². The molecule has 0 spiro atoms. The maximum atomic E-state index is 12.3. The van der Waals surface area contributed by atoms with E-state index in [0.29, 0.717) is 5.56 Å². The van der Waals surface area contributed by atoms with Gasteiger partial charge in [0.25, 0.3) is 5.91 Å². The molecule has 0 aliphatic rings. The van der Waals surface area contributed by atoms with Crippen LogP contribution in [-0.2, 0) is 9.53 Å². The number of benzene rings is 3. The number of fused-ring (bicyclic) bond motifs is 1. The third-order valence-corrected chi connectivity index (χ3v) is 4.00. The molecule has 0 aliphatic heterocycles. The Balaban J connectivity index is 1.66. The number of ether oxygens (including phenoxy) is 1. The van der Waals surface area contributed by atoms with E-state index >= 15 is 0 Å². The lowest BCUT2D eigenvalue weighted by molar-refractivity contribution is -0.119. The van der Waals surface area contributed by atoms with Gasteiger partial charge in [-0.2, -0.15) is 0 Å². The minimum Gasteiger partial charge on any atom is -0.452 e. The van der Waals surface area contributed by atoms with Gasteiger partial charge in [0.15, 0.2) is 6.61 Å². The summed E-state index contributed by atoms with van der Waals surface area (Å²) >= 11 is 0. The number of esters is 1. The molecular formula is C21H19NO3. The molecule has 0 bridgehead atoms. The van der Waals surface area contributed by atoms with Crippen LogP contribution in [0.2, 0.25) is 0 Å². The molecule has 0 radical (unpaired) electrons. The van der Waals surface area contributed by atoms with Crippen molar-refractivity contribution < 1.29 is 14.3 Å². The van der Waals surface area contributed by atoms with Crippen LogP contribution >= 0.6 is 0 Å². The van der Waals surface area contributed by atoms with Gasteiger partial charge in [-0.3, -0.25) is 4.79 Å². The first-order valence-corrected chi connectivity index (χ1v) is 8.06. The van der Waals surface area contributed by atoms with Crippen LogP contribution in [0.15, 0.2) is 60.7 Å². The van der Waals surface area contributed by atoms with Crippen molar-refractivity contribution in [1.82, 2.24) is 0 Å². The maximum Gasteiger partial charge on any atom is 0.339 e. The normalized spacial score (nSPS) is 10.5. The first-order chi connectivity index (χ1) is 12.0. The van der Waals surface area contributed by atoms with Crippen molar-refractivity contribution in [3.8, 4) is 0 Å². The molecule has 4 heteroatoms. The van der Waals surface area contributed by atoms with Gasteiger partial charge in [-0.25, -0.2) is 4.79 Å². The number of carbonyl (C=O) groups is 2. The summed E-state index contributed by atoms with van der Waals surface area (Å²) in [6.07, 6.45) is 0. The lowest BCUT2D eigenvalue weighted by Gasteiger charge is -2.10. The number of amides is 1. The SMILES string of the molecule is Cc1ccc(NC(=O)COC(=O)c2cccc3ccccc23)c(C)c1. The Kier molecular flexibility index (Phi) is 4.80. The van der Waals surface area contributed by atoms with Crippen molar-refractivity contribution in [1.29, 1.82) is 0 Å². The number of hydrogen-bond donors (Lipinski definition) is 1. The third-order valence-electron chi connectivity index (χ3n) is 4.00. The fourth-order valence-electron chi connectivity index (χ4n) is 2.75. The lowest BCUT2D eigenvalue weighted by Crippen LogP contribution is -2.21. The lowest BCUT2D eigenvalue weighted by atomic mass is 10.1. The Morgan fingerprint density at radius 1 is 0.960 bits per heavy atom. The number of aryl methyl sites for hydroxylation is 2. The Bertz CT molecular complexity index is 942. The van der Waals surface area contributed by atoms with Crippen LogP contribution in [0.25, 0.3) is 10.8 Å². The van der Waals surface area contributed by atoms with Crippen molar-refractivity contribution >= 4 is 28.3 Å². The van der Waals surface area contributed by atoms with Gasteiger partial charge in [0.2, 0.25) is 0 Å². The molecule has 1 N–H and O–H groups in total. The Morgan fingerprint density at radius 2 is 1.72 bits per heavy atom. The van der Waals surface area contributed by atoms with Crippen LogP contribution in [0.5, 0.6) is 0 Å². The summed E-state index contributed by atoms with van der Waals surface area (Å²) in [6, 6.07) is 18.7. The Labute approximate surface area is 146 Å². The molecule has 1 amide bonds. The highest BCUT2D eigenvalue weighted by Gasteiger charge is 2.13. The maximum absolute atomic E-state index is 12.3. The van der Waals surface area contributed by atoms with E-state index in [0.717, 1.165) is 27.6 Å². The third kappa shape index (κ3) is 3.86. The zero-order chi connectivity index (χ0) is 17.8. The first-order valence-electron chi connectivity index (χ1n) is 8.06. The van der Waals surface area contributed by atoms with Crippen LogP contribution in [0, 0.1) is 13.8 Å². The fraction of sp³-hybridized carbons (Fsp3) is 0.143. The van der Waals surface area contributed by atoms with Crippen molar-refractivity contribution in [2.75, 3.05) is 11.9 Å². The van der Waals surface area contributed by atoms with Crippen LogP contribution in [0.1, 0.15) is 21.5 Å². The highest BCUT2D eigenvalue weighted by molar-refractivity contribution is 6.05. The number of hydrogen-bond acceptors (Lipinski definition) is 3. The van der Waals surface area contributed by atoms with Crippen molar-refractivity contribution in [2.24, 2.45) is 0 Å². The summed E-state index contributed by atoms with van der Waals surface area (Å²) in [4.78, 5) is 24.4. The number of carbonyl (C=O) groups excluding carboxylic acids is 2. The summed E-state index contributed by atoms with van der Waals surface area (Å²) < 4.78 is 5.18. The summed E-state index contributed by atoms with van der Waals surface area (Å²) in [5.74, 6) is -0.867. The Hall–Kier alpha value is -3.14. The molecule has 3 aromatic carbocycles. The van der Waals surface area contributed by atoms with Crippen LogP contribution in [0.3, 0.4) is 0 Å². The van der Waals surface area contributed by atoms with Gasteiger partial charge in [-0.1, -0.05) is 54.1 Å². The standard InChI is InChI=1S/C21H19NO3/c1-14-10-11-19(15(2)12-14)22-20(23)13-25-21(24)18-9-5-7-16-6-3-4-8-17(16)18/h3-12H,13H2,1-2H3,(H,22,23). The molecule has 0 heterocycles. The van der Waals surface area contributed by atoms with Gasteiger partial charge >= 0.3 is 5.97 Å². The zero-order valence-electron chi connectivity index (χ0n) is 14.2. The second kappa shape index (κ2) is 7.18. The van der Waals surface area contributed by atoms with E-state index in [1.807, 2.05) is 62.4 Å². The van der Waals surface area contributed by atoms with Gasteiger partial charge in [0, 0.05) is 5.69 Å². The molecule has 0 aromatic heterocycles. The topological polar surface area (TPSA) is 55.4 Å². The summed E-state index contributed by atoms with van der Waals surface area (Å²) in [5.41, 5.74) is 3.26. The van der Waals surface area contributed by atoms with Gasteiger partial charge in [0.05, 0.1) is 5.56 Å². The molecule has 0 saturated heterocycles. The molecule has 126 valence electrons. The molecule has 3 aromatic rings. The summed E-state index contributed by atoms with van der Waals surface area (Å²) in [6.45, 7) is 3.59. The average molecular weight is 333 g/mol. The Morgan fingerprint density at radius 3 is 2.52 bits per heavy atom. The zero-order valence-corrected chi connectivity index (χ0v) is 14.2. The molecule has 0 unspecified atom stereocenters. The minimum absolute atomic E-state index is 0.324. The van der Waals surface area contributed by atoms with Crippen LogP contribution < -0.4 is 5.32 Å². The van der Waals surface area contributed by atoms with E-state index in [4.69, 9.17) is 4.74 Å². The predicted octanol–water partition coefficient (Wildman–Crippen LogP) is 4.25. The summed E-state index contributed by atoms with van der Waals surface area (Å²) in [5, 5.41) is 4.53. The van der Waals surface area contributed by atoms with Crippen molar-refractivity contribution in [3.05, 3.63) is 77.4 Å². The van der Waals surface area contributed by atoms with Gasteiger partial charge in [-0.05, 0) is 42.3 Å². The monoisotopic (exact) mass is 333 g/mol. The molecule has 0 atom stereocenters. The molecular weight excluding hydrogens is 314 g/mol. The molecule has 3 rings (SSSR count). The van der Waals surface area contributed by atoms with Crippen LogP contribution in [0.4, 0.5) is 5.69 Å². The number of nitrogens with one attached hydrogen (secondary N) is 1. The second-order valence-electron chi connectivity index (χ2n) is 5.97. The second-order valence-corrected chi connectivity index (χ2v) is 5.97. The first kappa shape index (κ1) is 16.7. The van der Waals surface area contributed by atoms with E-state index in [9.17, 15) is 9.59 Å². The smallest absolute Gasteiger partial charge is 0.339 e. The number of anilines is 1. The molecule has 25 heavy (non-hydrogen) atoms. The molecule has 4 nitrogen and oxygen atoms in total. The number of rotatable bonds is 4. The van der Waals surface area contributed by atoms with Gasteiger partial charge in [0.1, 0.15) is 0 Å².